The third-order valence-corrected chi connectivity index (χ3v) is 4.96. The first-order valence-electron chi connectivity index (χ1n) is 9.33. The Morgan fingerprint density at radius 1 is 1.04 bits per heavy atom. The number of carbonyl (C=O) groups is 1. The van der Waals surface area contributed by atoms with E-state index in [0.717, 1.165) is 43.2 Å². The molecular weight excluding hydrogens is 340 g/mol. The van der Waals surface area contributed by atoms with Crippen molar-refractivity contribution in [3.05, 3.63) is 60.2 Å². The van der Waals surface area contributed by atoms with Crippen molar-refractivity contribution in [3.8, 4) is 5.75 Å². The van der Waals surface area contributed by atoms with Crippen LogP contribution in [-0.4, -0.2) is 62.7 Å². The molecule has 6 nitrogen and oxygen atoms in total. The molecule has 0 aliphatic carbocycles. The van der Waals surface area contributed by atoms with Crippen molar-refractivity contribution in [1.82, 2.24) is 15.1 Å². The van der Waals surface area contributed by atoms with Crippen LogP contribution in [0.4, 0.5) is 10.5 Å². The molecule has 1 aliphatic rings. The van der Waals surface area contributed by atoms with Gasteiger partial charge in [-0.1, -0.05) is 36.4 Å². The summed E-state index contributed by atoms with van der Waals surface area (Å²) in [7, 11) is 3.83. The second-order valence-electron chi connectivity index (χ2n) is 6.80. The van der Waals surface area contributed by atoms with Gasteiger partial charge in [0.15, 0.2) is 0 Å². The van der Waals surface area contributed by atoms with Crippen molar-refractivity contribution in [1.29, 1.82) is 0 Å². The van der Waals surface area contributed by atoms with Gasteiger partial charge in [0.2, 0.25) is 0 Å². The summed E-state index contributed by atoms with van der Waals surface area (Å²) in [6.45, 7) is 4.47. The van der Waals surface area contributed by atoms with Crippen molar-refractivity contribution in [2.45, 2.75) is 6.04 Å². The normalized spacial score (nSPS) is 16.5. The smallest absolute Gasteiger partial charge is 0.319 e. The third-order valence-electron chi connectivity index (χ3n) is 4.96. The molecule has 1 heterocycles. The predicted molar refractivity (Wildman–Crippen MR) is 108 cm³/mol. The zero-order valence-corrected chi connectivity index (χ0v) is 16.0. The molecule has 1 aliphatic heterocycles. The first kappa shape index (κ1) is 19.2. The van der Waals surface area contributed by atoms with Crippen LogP contribution in [0.3, 0.4) is 0 Å². The van der Waals surface area contributed by atoms with Crippen LogP contribution in [0.5, 0.6) is 5.75 Å². The lowest BCUT2D eigenvalue weighted by molar-refractivity contribution is 0.110. The van der Waals surface area contributed by atoms with E-state index in [9.17, 15) is 4.79 Å². The highest BCUT2D eigenvalue weighted by atomic mass is 16.5. The van der Waals surface area contributed by atoms with E-state index < -0.39 is 0 Å². The van der Waals surface area contributed by atoms with E-state index in [2.05, 4.69) is 33.5 Å². The largest absolute Gasteiger partial charge is 0.496 e. The number of nitrogens with one attached hydrogen (secondary N) is 2. The Balaban J connectivity index is 1.71. The Morgan fingerprint density at radius 3 is 2.41 bits per heavy atom. The predicted octanol–water partition coefficient (Wildman–Crippen LogP) is 2.81. The Kier molecular flexibility index (Phi) is 6.68. The highest BCUT2D eigenvalue weighted by Gasteiger charge is 2.26. The number of amides is 2. The lowest BCUT2D eigenvalue weighted by Crippen LogP contribution is -2.48. The number of hydrogen-bond acceptors (Lipinski definition) is 4. The van der Waals surface area contributed by atoms with Gasteiger partial charge in [0, 0.05) is 44.0 Å². The van der Waals surface area contributed by atoms with Crippen molar-refractivity contribution in [3.63, 3.8) is 0 Å². The van der Waals surface area contributed by atoms with Crippen LogP contribution in [0.25, 0.3) is 0 Å². The second-order valence-corrected chi connectivity index (χ2v) is 6.80. The SMILES string of the molecule is COc1ccccc1C(CNC(=O)Nc1ccccc1)N1CCN(C)CC1. The summed E-state index contributed by atoms with van der Waals surface area (Å²) < 4.78 is 5.58. The fourth-order valence-electron chi connectivity index (χ4n) is 3.40. The van der Waals surface area contributed by atoms with Gasteiger partial charge in [0.05, 0.1) is 13.2 Å². The highest BCUT2D eigenvalue weighted by Crippen LogP contribution is 2.29. The monoisotopic (exact) mass is 368 g/mol. The van der Waals surface area contributed by atoms with E-state index in [1.807, 2.05) is 48.5 Å². The van der Waals surface area contributed by atoms with Crippen LogP contribution >= 0.6 is 0 Å². The Hall–Kier alpha value is -2.57. The van der Waals surface area contributed by atoms with Gasteiger partial charge in [0.25, 0.3) is 0 Å². The first-order chi connectivity index (χ1) is 13.2. The van der Waals surface area contributed by atoms with Gasteiger partial charge in [-0.3, -0.25) is 4.90 Å². The summed E-state index contributed by atoms with van der Waals surface area (Å²) in [5.74, 6) is 0.853. The molecule has 2 N–H and O–H groups in total. The lowest BCUT2D eigenvalue weighted by Gasteiger charge is -2.38. The number of methoxy groups -OCH3 is 1. The summed E-state index contributed by atoms with van der Waals surface area (Å²) >= 11 is 0. The van der Waals surface area contributed by atoms with Crippen LogP contribution in [0.2, 0.25) is 0 Å². The molecule has 0 aromatic heterocycles. The molecule has 0 spiro atoms. The average molecular weight is 368 g/mol. The van der Waals surface area contributed by atoms with Gasteiger partial charge in [-0.25, -0.2) is 4.79 Å². The van der Waals surface area contributed by atoms with Gasteiger partial charge < -0.3 is 20.3 Å². The number of piperazine rings is 1. The number of nitrogens with zero attached hydrogens (tertiary/aromatic N) is 2. The number of rotatable bonds is 6. The molecular formula is C21H28N4O2. The molecule has 1 fully saturated rings. The molecule has 0 bridgehead atoms. The van der Waals surface area contributed by atoms with E-state index in [1.165, 1.54) is 0 Å². The zero-order chi connectivity index (χ0) is 19.1. The second kappa shape index (κ2) is 9.39. The fraction of sp³-hybridized carbons (Fsp3) is 0.381. The minimum Gasteiger partial charge on any atom is -0.496 e. The molecule has 1 atom stereocenters. The molecule has 3 rings (SSSR count). The Labute approximate surface area is 161 Å². The number of likely N-dealkylation sites (N-methyl/N-ethyl adjacent to an activating group) is 1. The summed E-state index contributed by atoms with van der Waals surface area (Å²) in [5, 5.41) is 5.91. The first-order valence-corrected chi connectivity index (χ1v) is 9.33. The molecule has 1 saturated heterocycles. The van der Waals surface area contributed by atoms with Gasteiger partial charge in [-0.15, -0.1) is 0 Å². The molecule has 27 heavy (non-hydrogen) atoms. The fourth-order valence-corrected chi connectivity index (χ4v) is 3.40. The number of anilines is 1. The molecule has 6 heteroatoms. The minimum absolute atomic E-state index is 0.0661. The van der Waals surface area contributed by atoms with E-state index in [1.54, 1.807) is 7.11 Å². The van der Waals surface area contributed by atoms with E-state index in [-0.39, 0.29) is 12.1 Å². The van der Waals surface area contributed by atoms with E-state index in [0.29, 0.717) is 6.54 Å². The quantitative estimate of drug-likeness (QED) is 0.823. The molecule has 2 aromatic rings. The van der Waals surface area contributed by atoms with Crippen molar-refractivity contribution in [2.24, 2.45) is 0 Å². The number of hydrogen-bond donors (Lipinski definition) is 2. The Morgan fingerprint density at radius 2 is 1.70 bits per heavy atom. The maximum atomic E-state index is 12.4. The number of para-hydroxylation sites is 2. The van der Waals surface area contributed by atoms with Gasteiger partial charge >= 0.3 is 6.03 Å². The highest BCUT2D eigenvalue weighted by molar-refractivity contribution is 5.89. The number of benzene rings is 2. The standard InChI is InChI=1S/C21H28N4O2/c1-24-12-14-25(15-13-24)19(18-10-6-7-11-20(18)27-2)16-22-21(26)23-17-8-4-3-5-9-17/h3-11,19H,12-16H2,1-2H3,(H2,22,23,26). The molecule has 2 aromatic carbocycles. The van der Waals surface area contributed by atoms with Crippen LogP contribution in [0, 0.1) is 0 Å². The number of carbonyl (C=O) groups excluding carboxylic acids is 1. The van der Waals surface area contributed by atoms with Gasteiger partial charge in [0.1, 0.15) is 5.75 Å². The number of ether oxygens (including phenoxy) is 1. The lowest BCUT2D eigenvalue weighted by atomic mass is 10.0. The Bertz CT molecular complexity index is 730. The van der Waals surface area contributed by atoms with Crippen LogP contribution in [0.15, 0.2) is 54.6 Å². The van der Waals surface area contributed by atoms with E-state index >= 15 is 0 Å². The van der Waals surface area contributed by atoms with Crippen molar-refractivity contribution >= 4 is 11.7 Å². The maximum absolute atomic E-state index is 12.4. The van der Waals surface area contributed by atoms with Crippen LogP contribution in [0.1, 0.15) is 11.6 Å². The van der Waals surface area contributed by atoms with Crippen molar-refractivity contribution in [2.75, 3.05) is 52.2 Å². The summed E-state index contributed by atoms with van der Waals surface area (Å²) in [5.41, 5.74) is 1.88. The molecule has 0 radical (unpaired) electrons. The van der Waals surface area contributed by atoms with Crippen LogP contribution < -0.4 is 15.4 Å². The number of urea groups is 1. The minimum atomic E-state index is -0.199. The zero-order valence-electron chi connectivity index (χ0n) is 16.0. The molecule has 2 amide bonds. The van der Waals surface area contributed by atoms with Crippen molar-refractivity contribution < 1.29 is 9.53 Å². The van der Waals surface area contributed by atoms with Gasteiger partial charge in [-0.05, 0) is 25.2 Å². The van der Waals surface area contributed by atoms with Gasteiger partial charge in [-0.2, -0.15) is 0 Å². The third kappa shape index (κ3) is 5.21. The summed E-state index contributed by atoms with van der Waals surface area (Å²) in [6.07, 6.45) is 0. The maximum Gasteiger partial charge on any atom is 0.319 e. The summed E-state index contributed by atoms with van der Waals surface area (Å²) in [6, 6.07) is 17.4. The molecule has 144 valence electrons. The average Bonchev–Trinajstić information content (AvgIpc) is 2.70. The summed E-state index contributed by atoms with van der Waals surface area (Å²) in [4.78, 5) is 17.1. The molecule has 0 saturated carbocycles. The topological polar surface area (TPSA) is 56.8 Å². The van der Waals surface area contributed by atoms with Crippen LogP contribution in [-0.2, 0) is 0 Å². The van der Waals surface area contributed by atoms with E-state index in [4.69, 9.17) is 4.74 Å². The molecule has 1 unspecified atom stereocenters.